The molecule has 0 radical (unpaired) electrons. The Morgan fingerprint density at radius 2 is 0.818 bits per heavy atom. The van der Waals surface area contributed by atoms with Gasteiger partial charge in [-0.1, -0.05) is 103 Å². The van der Waals surface area contributed by atoms with Crippen molar-refractivity contribution in [3.05, 3.63) is 164 Å². The molecule has 0 atom stereocenters. The van der Waals surface area contributed by atoms with Gasteiger partial charge >= 0.3 is 0 Å². The maximum atomic E-state index is 6.39. The van der Waals surface area contributed by atoms with Crippen molar-refractivity contribution in [2.75, 3.05) is 4.90 Å². The summed E-state index contributed by atoms with van der Waals surface area (Å²) in [5.74, 6) is 1.64. The maximum absolute atomic E-state index is 6.39. The van der Waals surface area contributed by atoms with Crippen molar-refractivity contribution < 1.29 is 4.74 Å². The Labute approximate surface area is 256 Å². The van der Waals surface area contributed by atoms with Gasteiger partial charge in [-0.05, 0) is 59.7 Å². The van der Waals surface area contributed by atoms with E-state index in [9.17, 15) is 0 Å². The normalized spacial score (nSPS) is 11.8. The Hall–Kier alpha value is -6.00. The molecular formula is C40H27N3O. The Morgan fingerprint density at radius 1 is 0.386 bits per heavy atom. The smallest absolute Gasteiger partial charge is 0.151 e. The molecule has 44 heavy (non-hydrogen) atoms. The lowest BCUT2D eigenvalue weighted by Gasteiger charge is -2.35. The van der Waals surface area contributed by atoms with Crippen molar-refractivity contribution in [3.63, 3.8) is 0 Å². The van der Waals surface area contributed by atoms with Crippen molar-refractivity contribution in [2.45, 2.75) is 0 Å². The van der Waals surface area contributed by atoms with Gasteiger partial charge in [0.2, 0.25) is 0 Å². The van der Waals surface area contributed by atoms with E-state index in [-0.39, 0.29) is 0 Å². The summed E-state index contributed by atoms with van der Waals surface area (Å²) in [6.07, 6.45) is 3.66. The third-order valence-corrected chi connectivity index (χ3v) is 8.00. The van der Waals surface area contributed by atoms with Gasteiger partial charge in [0.25, 0.3) is 0 Å². The standard InChI is InChI=1S/C40H27N3O/c1-3-16-38-36(14-1)43(37-15-2-4-17-39(37)44-38)40-32(28-18-22-30(23-19-28)34-12-5-7-26-41-34)10-9-11-33(40)29-20-24-31(25-21-29)35-13-6-8-27-42-35/h1-27H. The van der Waals surface area contributed by atoms with Crippen molar-refractivity contribution in [1.29, 1.82) is 0 Å². The van der Waals surface area contributed by atoms with Gasteiger partial charge in [-0.3, -0.25) is 9.97 Å². The first-order chi connectivity index (χ1) is 21.8. The second kappa shape index (κ2) is 11.0. The van der Waals surface area contributed by atoms with E-state index in [1.807, 2.05) is 73.1 Å². The van der Waals surface area contributed by atoms with Crippen LogP contribution in [0.4, 0.5) is 17.1 Å². The predicted octanol–water partition coefficient (Wildman–Crippen LogP) is 10.7. The number of aromatic nitrogens is 2. The first-order valence-corrected chi connectivity index (χ1v) is 14.7. The molecule has 0 bridgehead atoms. The van der Waals surface area contributed by atoms with Crippen LogP contribution in [0.5, 0.6) is 11.5 Å². The molecule has 5 aromatic carbocycles. The summed E-state index contributed by atoms with van der Waals surface area (Å²) in [7, 11) is 0. The lowest BCUT2D eigenvalue weighted by Crippen LogP contribution is -2.17. The summed E-state index contributed by atoms with van der Waals surface area (Å²) in [6.45, 7) is 0. The minimum Gasteiger partial charge on any atom is -0.453 e. The van der Waals surface area contributed by atoms with Crippen molar-refractivity contribution in [2.24, 2.45) is 0 Å². The number of rotatable bonds is 5. The number of benzene rings is 5. The van der Waals surface area contributed by atoms with Crippen LogP contribution in [0, 0.1) is 0 Å². The SMILES string of the molecule is c1ccc(-c2ccc(-c3cccc(-c4ccc(-c5ccccn5)cc4)c3N3c4ccccc4Oc4ccccc43)cc2)nc1. The lowest BCUT2D eigenvalue weighted by molar-refractivity contribution is 0.477. The molecule has 1 aliphatic rings. The zero-order valence-electron chi connectivity index (χ0n) is 23.8. The summed E-state index contributed by atoms with van der Waals surface area (Å²) in [4.78, 5) is 11.4. The van der Waals surface area contributed by atoms with E-state index in [1.54, 1.807) is 0 Å². The Bertz CT molecular complexity index is 1930. The van der Waals surface area contributed by atoms with Gasteiger partial charge < -0.3 is 9.64 Å². The number of ether oxygens (including phenoxy) is 1. The van der Waals surface area contributed by atoms with Gasteiger partial charge in [-0.2, -0.15) is 0 Å². The van der Waals surface area contributed by atoms with Crippen LogP contribution in [-0.2, 0) is 0 Å². The summed E-state index contributed by atoms with van der Waals surface area (Å²) < 4.78 is 6.39. The molecule has 208 valence electrons. The van der Waals surface area contributed by atoms with Gasteiger partial charge in [0.15, 0.2) is 11.5 Å². The van der Waals surface area contributed by atoms with Crippen molar-refractivity contribution in [1.82, 2.24) is 9.97 Å². The van der Waals surface area contributed by atoms with Crippen LogP contribution in [0.2, 0.25) is 0 Å². The second-order valence-electron chi connectivity index (χ2n) is 10.7. The largest absolute Gasteiger partial charge is 0.453 e. The topological polar surface area (TPSA) is 38.2 Å². The summed E-state index contributed by atoms with van der Waals surface area (Å²) in [5.41, 5.74) is 11.6. The molecule has 0 amide bonds. The van der Waals surface area contributed by atoms with E-state index in [2.05, 4.69) is 106 Å². The van der Waals surface area contributed by atoms with Crippen LogP contribution in [0.3, 0.4) is 0 Å². The number of hydrogen-bond acceptors (Lipinski definition) is 4. The third kappa shape index (κ3) is 4.59. The summed E-state index contributed by atoms with van der Waals surface area (Å²) >= 11 is 0. The molecular weight excluding hydrogens is 538 g/mol. The molecule has 0 aliphatic carbocycles. The molecule has 8 rings (SSSR count). The van der Waals surface area contributed by atoms with Crippen LogP contribution in [0.15, 0.2) is 164 Å². The fourth-order valence-electron chi connectivity index (χ4n) is 5.90. The number of pyridine rings is 2. The van der Waals surface area contributed by atoms with Gasteiger partial charge in [-0.25, -0.2) is 0 Å². The molecule has 4 heteroatoms. The van der Waals surface area contributed by atoms with Crippen molar-refractivity contribution in [3.8, 4) is 56.3 Å². The molecule has 1 aliphatic heterocycles. The van der Waals surface area contributed by atoms with Gasteiger partial charge in [0.1, 0.15) is 0 Å². The summed E-state index contributed by atoms with van der Waals surface area (Å²) in [6, 6.07) is 52.4. The highest BCUT2D eigenvalue weighted by Gasteiger charge is 2.29. The minimum atomic E-state index is 0.822. The monoisotopic (exact) mass is 565 g/mol. The molecule has 0 spiro atoms. The Balaban J connectivity index is 1.34. The fourth-order valence-corrected chi connectivity index (χ4v) is 5.90. The zero-order chi connectivity index (χ0) is 29.3. The van der Waals surface area contributed by atoms with Crippen LogP contribution < -0.4 is 9.64 Å². The highest BCUT2D eigenvalue weighted by atomic mass is 16.5. The van der Waals surface area contributed by atoms with Crippen LogP contribution >= 0.6 is 0 Å². The third-order valence-electron chi connectivity index (χ3n) is 8.00. The Morgan fingerprint density at radius 3 is 1.27 bits per heavy atom. The van der Waals surface area contributed by atoms with E-state index in [1.165, 1.54) is 0 Å². The number of anilines is 3. The van der Waals surface area contributed by atoms with Crippen LogP contribution in [0.25, 0.3) is 44.8 Å². The highest BCUT2D eigenvalue weighted by molar-refractivity contribution is 6.00. The Kier molecular flexibility index (Phi) is 6.43. The van der Waals surface area contributed by atoms with Crippen LogP contribution in [-0.4, -0.2) is 9.97 Å². The molecule has 3 heterocycles. The molecule has 4 nitrogen and oxygen atoms in total. The van der Waals surface area contributed by atoms with E-state index in [0.29, 0.717) is 0 Å². The minimum absolute atomic E-state index is 0.822. The van der Waals surface area contributed by atoms with Crippen LogP contribution in [0.1, 0.15) is 0 Å². The molecule has 7 aromatic rings. The maximum Gasteiger partial charge on any atom is 0.151 e. The van der Waals surface area contributed by atoms with E-state index in [0.717, 1.165) is 73.3 Å². The van der Waals surface area contributed by atoms with Gasteiger partial charge in [0, 0.05) is 34.6 Å². The second-order valence-corrected chi connectivity index (χ2v) is 10.7. The van der Waals surface area contributed by atoms with E-state index in [4.69, 9.17) is 4.74 Å². The fraction of sp³-hybridized carbons (Fsp3) is 0. The molecule has 0 fully saturated rings. The average Bonchev–Trinajstić information content (AvgIpc) is 3.11. The number of nitrogens with zero attached hydrogens (tertiary/aromatic N) is 3. The first kappa shape index (κ1) is 25.7. The number of hydrogen-bond donors (Lipinski definition) is 0. The number of para-hydroxylation sites is 5. The molecule has 2 aromatic heterocycles. The predicted molar refractivity (Wildman–Crippen MR) is 179 cm³/mol. The molecule has 0 N–H and O–H groups in total. The van der Waals surface area contributed by atoms with Gasteiger partial charge in [0.05, 0.1) is 28.5 Å². The molecule has 0 saturated carbocycles. The van der Waals surface area contributed by atoms with Gasteiger partial charge in [-0.15, -0.1) is 0 Å². The molecule has 0 unspecified atom stereocenters. The highest BCUT2D eigenvalue weighted by Crippen LogP contribution is 2.54. The zero-order valence-corrected chi connectivity index (χ0v) is 23.8. The quantitative estimate of drug-likeness (QED) is 0.208. The van der Waals surface area contributed by atoms with Crippen molar-refractivity contribution >= 4 is 17.1 Å². The first-order valence-electron chi connectivity index (χ1n) is 14.7. The van der Waals surface area contributed by atoms with E-state index < -0.39 is 0 Å². The average molecular weight is 566 g/mol. The summed E-state index contributed by atoms with van der Waals surface area (Å²) in [5, 5.41) is 0. The lowest BCUT2D eigenvalue weighted by atomic mass is 9.92. The number of fused-ring (bicyclic) bond motifs is 2. The molecule has 0 saturated heterocycles. The van der Waals surface area contributed by atoms with E-state index >= 15 is 0 Å².